The second-order valence-electron chi connectivity index (χ2n) is 7.34. The molecule has 1 unspecified atom stereocenters. The predicted octanol–water partition coefficient (Wildman–Crippen LogP) is 4.18. The fourth-order valence-corrected chi connectivity index (χ4v) is 3.60. The molecule has 0 saturated heterocycles. The number of benzene rings is 2. The summed E-state index contributed by atoms with van der Waals surface area (Å²) in [6.07, 6.45) is 1.65. The molecule has 0 amide bonds. The maximum absolute atomic E-state index is 13.5. The largest absolute Gasteiger partial charge is 0.294 e. The van der Waals surface area contributed by atoms with E-state index in [-0.39, 0.29) is 22.7 Å². The molecule has 3 rings (SSSR count). The van der Waals surface area contributed by atoms with Gasteiger partial charge in [-0.3, -0.25) is 25.0 Å². The average Bonchev–Trinajstić information content (AvgIpc) is 2.90. The summed E-state index contributed by atoms with van der Waals surface area (Å²) in [4.78, 5) is 37.7. The Hall–Kier alpha value is -2.86. The third-order valence-corrected chi connectivity index (χ3v) is 5.22. The molecular formula is C22H23N2O4. The molecule has 28 heavy (non-hydrogen) atoms. The number of carbonyl (C=O) groups is 2. The van der Waals surface area contributed by atoms with E-state index in [4.69, 9.17) is 0 Å². The molecule has 0 aliphatic heterocycles. The van der Waals surface area contributed by atoms with Gasteiger partial charge in [0.25, 0.3) is 5.69 Å². The maximum Gasteiger partial charge on any atom is 0.281 e. The molecule has 0 aromatic heterocycles. The van der Waals surface area contributed by atoms with E-state index in [1.54, 1.807) is 12.1 Å². The van der Waals surface area contributed by atoms with E-state index < -0.39 is 22.0 Å². The highest BCUT2D eigenvalue weighted by atomic mass is 16.6. The van der Waals surface area contributed by atoms with Crippen molar-refractivity contribution in [3.8, 4) is 0 Å². The van der Waals surface area contributed by atoms with Crippen LogP contribution in [-0.4, -0.2) is 23.0 Å². The number of fused-ring (bicyclic) bond motifs is 1. The number of carbonyl (C=O) groups excluding carboxylic acids is 2. The van der Waals surface area contributed by atoms with Crippen molar-refractivity contribution >= 4 is 17.3 Å². The van der Waals surface area contributed by atoms with Gasteiger partial charge in [-0.2, -0.15) is 0 Å². The van der Waals surface area contributed by atoms with Gasteiger partial charge < -0.3 is 0 Å². The molecule has 0 spiro atoms. The van der Waals surface area contributed by atoms with Crippen LogP contribution in [0, 0.1) is 16.2 Å². The van der Waals surface area contributed by atoms with Gasteiger partial charge in [0.1, 0.15) is 5.56 Å². The molecule has 1 aliphatic carbocycles. The van der Waals surface area contributed by atoms with Crippen LogP contribution in [0.1, 0.15) is 71.4 Å². The summed E-state index contributed by atoms with van der Waals surface area (Å²) in [6, 6.07) is 12.7. The van der Waals surface area contributed by atoms with Crippen LogP contribution < -0.4 is 5.32 Å². The Labute approximate surface area is 164 Å². The number of hydrogen-bond acceptors (Lipinski definition) is 5. The Bertz CT molecular complexity index is 934. The van der Waals surface area contributed by atoms with Gasteiger partial charge in [-0.15, -0.1) is 0 Å². The normalized spacial score (nSPS) is 18.6. The molecule has 2 aromatic rings. The van der Waals surface area contributed by atoms with Crippen LogP contribution in [-0.2, 0) is 5.54 Å². The van der Waals surface area contributed by atoms with Gasteiger partial charge in [0.2, 0.25) is 5.78 Å². The van der Waals surface area contributed by atoms with E-state index in [0.29, 0.717) is 12.1 Å². The van der Waals surface area contributed by atoms with Crippen LogP contribution in [0.25, 0.3) is 0 Å². The van der Waals surface area contributed by atoms with Crippen molar-refractivity contribution in [2.24, 2.45) is 0 Å². The molecule has 145 valence electrons. The van der Waals surface area contributed by atoms with Crippen molar-refractivity contribution in [3.05, 3.63) is 74.8 Å². The number of hydrogen-bond donors (Lipinski definition) is 1. The number of nitro benzene ring substituents is 1. The molecule has 1 atom stereocenters. The van der Waals surface area contributed by atoms with Gasteiger partial charge in [0.05, 0.1) is 4.92 Å². The van der Waals surface area contributed by atoms with Gasteiger partial charge >= 0.3 is 0 Å². The molecule has 0 bridgehead atoms. The van der Waals surface area contributed by atoms with E-state index in [2.05, 4.69) is 11.4 Å². The summed E-state index contributed by atoms with van der Waals surface area (Å²) in [5.41, 5.74) is -0.609. The van der Waals surface area contributed by atoms with Crippen LogP contribution in [0.15, 0.2) is 36.4 Å². The molecule has 6 heteroatoms. The van der Waals surface area contributed by atoms with Gasteiger partial charge in [-0.25, -0.2) is 0 Å². The van der Waals surface area contributed by atoms with Crippen molar-refractivity contribution in [1.82, 2.24) is 5.32 Å². The quantitative estimate of drug-likeness (QED) is 0.337. The van der Waals surface area contributed by atoms with Crippen LogP contribution in [0.4, 0.5) is 5.69 Å². The SMILES string of the molecule is CCCCNC1(c2[c]cc(C(C)C)cc2)C(=O)c2cccc([N+](=O)[O-])c2C1=O. The lowest BCUT2D eigenvalue weighted by atomic mass is 9.83. The topological polar surface area (TPSA) is 89.3 Å². The molecule has 0 fully saturated rings. The molecular weight excluding hydrogens is 356 g/mol. The van der Waals surface area contributed by atoms with E-state index in [0.717, 1.165) is 18.4 Å². The first-order valence-electron chi connectivity index (χ1n) is 9.48. The molecule has 6 nitrogen and oxygen atoms in total. The van der Waals surface area contributed by atoms with Gasteiger partial charge in [-0.05, 0) is 36.1 Å². The lowest BCUT2D eigenvalue weighted by molar-refractivity contribution is -0.385. The van der Waals surface area contributed by atoms with E-state index >= 15 is 0 Å². The highest BCUT2D eigenvalue weighted by Crippen LogP contribution is 2.41. The number of ketones is 2. The summed E-state index contributed by atoms with van der Waals surface area (Å²) in [5, 5.41) is 14.6. The van der Waals surface area contributed by atoms with Gasteiger partial charge in [-0.1, -0.05) is 57.5 Å². The Morgan fingerprint density at radius 2 is 1.93 bits per heavy atom. The minimum absolute atomic E-state index is 0.0875. The summed E-state index contributed by atoms with van der Waals surface area (Å²) >= 11 is 0. The molecule has 2 aromatic carbocycles. The van der Waals surface area contributed by atoms with E-state index in [1.807, 2.05) is 26.8 Å². The van der Waals surface area contributed by atoms with Gasteiger partial charge in [0.15, 0.2) is 11.3 Å². The van der Waals surface area contributed by atoms with Crippen molar-refractivity contribution < 1.29 is 14.5 Å². The van der Waals surface area contributed by atoms with E-state index in [9.17, 15) is 19.7 Å². The summed E-state index contributed by atoms with van der Waals surface area (Å²) in [5.74, 6) is -0.757. The predicted molar refractivity (Wildman–Crippen MR) is 106 cm³/mol. The lowest BCUT2D eigenvalue weighted by Gasteiger charge is -2.28. The summed E-state index contributed by atoms with van der Waals surface area (Å²) in [6.45, 7) is 6.54. The zero-order valence-electron chi connectivity index (χ0n) is 16.2. The van der Waals surface area contributed by atoms with Crippen molar-refractivity contribution in [2.75, 3.05) is 6.54 Å². The third-order valence-electron chi connectivity index (χ3n) is 5.22. The fraction of sp³-hybridized carbons (Fsp3) is 0.364. The first-order valence-corrected chi connectivity index (χ1v) is 9.48. The zero-order valence-corrected chi connectivity index (χ0v) is 16.2. The van der Waals surface area contributed by atoms with E-state index in [1.165, 1.54) is 18.2 Å². The number of nitrogens with zero attached hydrogens (tertiary/aromatic N) is 1. The smallest absolute Gasteiger partial charge is 0.281 e. The monoisotopic (exact) mass is 379 g/mol. The highest BCUT2D eigenvalue weighted by Gasteiger charge is 2.56. The summed E-state index contributed by atoms with van der Waals surface area (Å²) in [7, 11) is 0. The molecule has 0 saturated carbocycles. The number of rotatable bonds is 7. The third kappa shape index (κ3) is 3.03. The molecule has 1 aliphatic rings. The van der Waals surface area contributed by atoms with Crippen LogP contribution in [0.5, 0.6) is 0 Å². The van der Waals surface area contributed by atoms with Gasteiger partial charge in [0, 0.05) is 11.6 Å². The van der Waals surface area contributed by atoms with Crippen LogP contribution in [0.3, 0.4) is 0 Å². The fourth-order valence-electron chi connectivity index (χ4n) is 3.60. The van der Waals surface area contributed by atoms with Crippen LogP contribution in [0.2, 0.25) is 0 Å². The van der Waals surface area contributed by atoms with Crippen LogP contribution >= 0.6 is 0 Å². The Kier molecular flexibility index (Phi) is 5.42. The first-order chi connectivity index (χ1) is 13.3. The number of Topliss-reactive ketones (excluding diaryl/α,β-unsaturated/α-hetero) is 2. The molecule has 0 heterocycles. The zero-order chi connectivity index (χ0) is 20.5. The number of unbranched alkanes of at least 4 members (excludes halogenated alkanes) is 1. The first kappa shape index (κ1) is 19.9. The molecule has 1 radical (unpaired) electrons. The second kappa shape index (κ2) is 7.64. The minimum Gasteiger partial charge on any atom is -0.294 e. The lowest BCUT2D eigenvalue weighted by Crippen LogP contribution is -2.52. The Morgan fingerprint density at radius 3 is 2.50 bits per heavy atom. The standard InChI is InChI=1S/C22H23N2O4/c1-4-5-13-23-22(16-11-9-15(10-12-16)14(2)3)20(25)17-7-6-8-18(24(27)28)19(17)21(22)26/h6-11,14,23H,4-5,13H2,1-3H3. The Morgan fingerprint density at radius 1 is 1.18 bits per heavy atom. The number of nitro groups is 1. The van der Waals surface area contributed by atoms with Crippen molar-refractivity contribution in [2.45, 2.75) is 45.1 Å². The Balaban J connectivity index is 2.17. The maximum atomic E-state index is 13.5. The van der Waals surface area contributed by atoms with Crippen molar-refractivity contribution in [1.29, 1.82) is 0 Å². The molecule has 1 N–H and O–H groups in total. The number of nitrogens with one attached hydrogen (secondary N) is 1. The second-order valence-corrected chi connectivity index (χ2v) is 7.34. The van der Waals surface area contributed by atoms with Crippen molar-refractivity contribution in [3.63, 3.8) is 0 Å². The average molecular weight is 379 g/mol. The highest BCUT2D eigenvalue weighted by molar-refractivity contribution is 6.34. The summed E-state index contributed by atoms with van der Waals surface area (Å²) < 4.78 is 0. The minimum atomic E-state index is -1.67.